The molecule has 1 aromatic carbocycles. The van der Waals surface area contributed by atoms with Crippen molar-refractivity contribution in [3.63, 3.8) is 0 Å². The van der Waals surface area contributed by atoms with Crippen molar-refractivity contribution in [2.24, 2.45) is 5.73 Å². The summed E-state index contributed by atoms with van der Waals surface area (Å²) in [6.07, 6.45) is 1.70. The van der Waals surface area contributed by atoms with Crippen molar-refractivity contribution in [2.75, 3.05) is 32.8 Å². The number of fused-ring (bicyclic) bond motifs is 1. The Hall–Kier alpha value is -2.19. The molecule has 8 heteroatoms. The molecule has 0 bridgehead atoms. The van der Waals surface area contributed by atoms with E-state index < -0.39 is 5.54 Å². The van der Waals surface area contributed by atoms with Crippen molar-refractivity contribution in [3.05, 3.63) is 29.6 Å². The number of benzene rings is 1. The van der Waals surface area contributed by atoms with Gasteiger partial charge >= 0.3 is 0 Å². The third kappa shape index (κ3) is 2.43. The maximum absolute atomic E-state index is 6.68. The predicted molar refractivity (Wildman–Crippen MR) is 88.2 cm³/mol. The first-order valence-electron chi connectivity index (χ1n) is 6.88. The van der Waals surface area contributed by atoms with Crippen LogP contribution in [0.15, 0.2) is 23.2 Å². The Morgan fingerprint density at radius 2 is 1.78 bits per heavy atom. The number of anilines is 1. The number of nitrogen functional groups attached to an aromatic ring is 1. The van der Waals surface area contributed by atoms with Crippen molar-refractivity contribution < 1.29 is 14.2 Å². The molecule has 1 aliphatic rings. The second kappa shape index (κ2) is 5.78. The van der Waals surface area contributed by atoms with Gasteiger partial charge in [-0.2, -0.15) is 0 Å². The summed E-state index contributed by atoms with van der Waals surface area (Å²) in [5.41, 5.74) is 13.1. The normalized spacial score (nSPS) is 19.3. The van der Waals surface area contributed by atoms with E-state index in [1.165, 1.54) is 0 Å². The zero-order chi connectivity index (χ0) is 16.6. The summed E-state index contributed by atoms with van der Waals surface area (Å²) in [5, 5.41) is 0. The highest BCUT2D eigenvalue weighted by Crippen LogP contribution is 2.47. The van der Waals surface area contributed by atoms with Gasteiger partial charge in [0, 0.05) is 16.8 Å². The van der Waals surface area contributed by atoms with Crippen molar-refractivity contribution in [3.8, 4) is 17.2 Å². The molecule has 0 saturated heterocycles. The zero-order valence-electron chi connectivity index (χ0n) is 13.1. The fourth-order valence-corrected chi connectivity index (χ4v) is 3.81. The van der Waals surface area contributed by atoms with Gasteiger partial charge in [-0.05, 0) is 17.7 Å². The standard InChI is InChI=1S/C15H18N4O3S/c1-20-9-4-8(5-10(21-2)12(9)22-3)15(17)7-23-11-6-18-14(16)19-13(11)15/h4-6H,7,17H2,1-3H3,(H2,16,18,19). The molecule has 0 fully saturated rings. The summed E-state index contributed by atoms with van der Waals surface area (Å²) < 4.78 is 16.2. The molecular weight excluding hydrogens is 316 g/mol. The maximum Gasteiger partial charge on any atom is 0.220 e. The topological polar surface area (TPSA) is 106 Å². The van der Waals surface area contributed by atoms with Crippen molar-refractivity contribution in [1.29, 1.82) is 0 Å². The minimum atomic E-state index is -0.802. The summed E-state index contributed by atoms with van der Waals surface area (Å²) in [6, 6.07) is 3.69. The fraction of sp³-hybridized carbons (Fsp3) is 0.333. The van der Waals surface area contributed by atoms with E-state index in [1.54, 1.807) is 39.3 Å². The lowest BCUT2D eigenvalue weighted by molar-refractivity contribution is 0.322. The molecule has 7 nitrogen and oxygen atoms in total. The Labute approximate surface area is 138 Å². The molecule has 0 saturated carbocycles. The molecular formula is C15H18N4O3S. The van der Waals surface area contributed by atoms with Crippen LogP contribution in [0.2, 0.25) is 0 Å². The number of hydrogen-bond acceptors (Lipinski definition) is 8. The number of nitrogens with zero attached hydrogens (tertiary/aromatic N) is 2. The van der Waals surface area contributed by atoms with Gasteiger partial charge in [-0.3, -0.25) is 0 Å². The predicted octanol–water partition coefficient (Wildman–Crippen LogP) is 1.39. The lowest BCUT2D eigenvalue weighted by atomic mass is 9.89. The number of rotatable bonds is 4. The Bertz CT molecular complexity index is 730. The summed E-state index contributed by atoms with van der Waals surface area (Å²) in [6.45, 7) is 0. The SMILES string of the molecule is COc1cc(C2(N)CSc3cnc(N)nc32)cc(OC)c1OC. The van der Waals surface area contributed by atoms with E-state index in [0.29, 0.717) is 28.7 Å². The highest BCUT2D eigenvalue weighted by atomic mass is 32.2. The van der Waals surface area contributed by atoms with E-state index in [2.05, 4.69) is 9.97 Å². The molecule has 0 aliphatic carbocycles. The third-order valence-corrected chi connectivity index (χ3v) is 5.04. The molecule has 3 rings (SSSR count). The average molecular weight is 334 g/mol. The molecule has 2 heterocycles. The van der Waals surface area contributed by atoms with Gasteiger partial charge in [-0.15, -0.1) is 11.8 Å². The van der Waals surface area contributed by atoms with Crippen LogP contribution >= 0.6 is 11.8 Å². The number of aromatic nitrogens is 2. The lowest BCUT2D eigenvalue weighted by Crippen LogP contribution is -2.39. The average Bonchev–Trinajstić information content (AvgIpc) is 2.91. The smallest absolute Gasteiger partial charge is 0.220 e. The lowest BCUT2D eigenvalue weighted by Gasteiger charge is -2.26. The maximum atomic E-state index is 6.68. The molecule has 122 valence electrons. The van der Waals surface area contributed by atoms with Crippen LogP contribution in [-0.4, -0.2) is 37.1 Å². The molecule has 0 radical (unpaired) electrons. The van der Waals surface area contributed by atoms with E-state index in [4.69, 9.17) is 25.7 Å². The first-order valence-corrected chi connectivity index (χ1v) is 7.87. The monoisotopic (exact) mass is 334 g/mol. The number of methoxy groups -OCH3 is 3. The van der Waals surface area contributed by atoms with Crippen LogP contribution in [0.5, 0.6) is 17.2 Å². The van der Waals surface area contributed by atoms with Gasteiger partial charge in [0.1, 0.15) is 0 Å². The fourth-order valence-electron chi connectivity index (χ4n) is 2.63. The van der Waals surface area contributed by atoms with E-state index in [9.17, 15) is 0 Å². The van der Waals surface area contributed by atoms with Gasteiger partial charge in [-0.25, -0.2) is 9.97 Å². The van der Waals surface area contributed by atoms with Crippen LogP contribution in [0.1, 0.15) is 11.3 Å². The van der Waals surface area contributed by atoms with E-state index in [0.717, 1.165) is 10.5 Å². The molecule has 1 atom stereocenters. The van der Waals surface area contributed by atoms with E-state index >= 15 is 0 Å². The second-order valence-corrected chi connectivity index (χ2v) is 6.13. The summed E-state index contributed by atoms with van der Waals surface area (Å²) in [4.78, 5) is 9.30. The van der Waals surface area contributed by atoms with Gasteiger partial charge in [0.15, 0.2) is 11.5 Å². The molecule has 1 aromatic heterocycles. The van der Waals surface area contributed by atoms with Gasteiger partial charge in [0.25, 0.3) is 0 Å². The first-order chi connectivity index (χ1) is 11.0. The van der Waals surface area contributed by atoms with Gasteiger partial charge < -0.3 is 25.7 Å². The second-order valence-electron chi connectivity index (χ2n) is 5.12. The summed E-state index contributed by atoms with van der Waals surface area (Å²) >= 11 is 1.60. The van der Waals surface area contributed by atoms with Crippen LogP contribution in [0.25, 0.3) is 0 Å². The minimum absolute atomic E-state index is 0.202. The largest absolute Gasteiger partial charge is 0.493 e. The summed E-state index contributed by atoms with van der Waals surface area (Å²) in [7, 11) is 4.70. The minimum Gasteiger partial charge on any atom is -0.493 e. The van der Waals surface area contributed by atoms with Crippen molar-refractivity contribution >= 4 is 17.7 Å². The summed E-state index contributed by atoms with van der Waals surface area (Å²) in [5.74, 6) is 2.45. The zero-order valence-corrected chi connectivity index (χ0v) is 13.9. The van der Waals surface area contributed by atoms with Crippen LogP contribution < -0.4 is 25.7 Å². The van der Waals surface area contributed by atoms with Gasteiger partial charge in [-0.1, -0.05) is 0 Å². The van der Waals surface area contributed by atoms with Crippen LogP contribution in [0.3, 0.4) is 0 Å². The van der Waals surface area contributed by atoms with Crippen LogP contribution in [0.4, 0.5) is 5.95 Å². The van der Waals surface area contributed by atoms with Gasteiger partial charge in [0.2, 0.25) is 11.7 Å². The Morgan fingerprint density at radius 1 is 1.13 bits per heavy atom. The molecule has 23 heavy (non-hydrogen) atoms. The molecule has 1 unspecified atom stereocenters. The molecule has 0 spiro atoms. The molecule has 1 aliphatic heterocycles. The van der Waals surface area contributed by atoms with E-state index in [-0.39, 0.29) is 5.95 Å². The van der Waals surface area contributed by atoms with Crippen LogP contribution in [-0.2, 0) is 5.54 Å². The number of nitrogens with two attached hydrogens (primary N) is 2. The van der Waals surface area contributed by atoms with E-state index in [1.807, 2.05) is 12.1 Å². The molecule has 4 N–H and O–H groups in total. The molecule has 2 aromatic rings. The van der Waals surface area contributed by atoms with Crippen molar-refractivity contribution in [1.82, 2.24) is 9.97 Å². The van der Waals surface area contributed by atoms with Gasteiger partial charge in [0.05, 0.1) is 32.6 Å². The molecule has 0 amide bonds. The van der Waals surface area contributed by atoms with Crippen molar-refractivity contribution in [2.45, 2.75) is 10.4 Å². The quantitative estimate of drug-likeness (QED) is 0.864. The van der Waals surface area contributed by atoms with Crippen LogP contribution in [0, 0.1) is 0 Å². The first kappa shape index (κ1) is 15.7. The Balaban J connectivity index is 2.18. The number of ether oxygens (including phenoxy) is 3. The third-order valence-electron chi connectivity index (χ3n) is 3.83. The highest BCUT2D eigenvalue weighted by Gasteiger charge is 2.40. The highest BCUT2D eigenvalue weighted by molar-refractivity contribution is 7.99. The Morgan fingerprint density at radius 3 is 2.35 bits per heavy atom. The number of thioether (sulfide) groups is 1. The Kier molecular flexibility index (Phi) is 3.95. The number of hydrogen-bond donors (Lipinski definition) is 2.